The van der Waals surface area contributed by atoms with Crippen molar-refractivity contribution >= 4 is 10.8 Å². The molecule has 0 radical (unpaired) electrons. The molecule has 0 amide bonds. The summed E-state index contributed by atoms with van der Waals surface area (Å²) < 4.78 is 18.3. The molecule has 3 nitrogen and oxygen atoms in total. The van der Waals surface area contributed by atoms with Gasteiger partial charge in [-0.05, 0) is 32.4 Å². The molecule has 1 fully saturated rings. The van der Waals surface area contributed by atoms with E-state index in [9.17, 15) is 9.32 Å². The lowest BCUT2D eigenvalue weighted by molar-refractivity contribution is -0.0356. The third-order valence-electron chi connectivity index (χ3n) is 3.88. The molecule has 0 aliphatic carbocycles. The number of hydrogen-bond donors (Lipinski definition) is 1. The number of rotatable bonds is 5. The molecular formula is C16H24O3S. The van der Waals surface area contributed by atoms with Gasteiger partial charge in [-0.3, -0.25) is 4.21 Å². The first-order valence-electron chi connectivity index (χ1n) is 7.24. The summed E-state index contributed by atoms with van der Waals surface area (Å²) in [5.74, 6) is 0.365. The van der Waals surface area contributed by atoms with Crippen molar-refractivity contribution in [2.24, 2.45) is 0 Å². The molecule has 20 heavy (non-hydrogen) atoms. The zero-order valence-electron chi connectivity index (χ0n) is 12.5. The standard InChI is InChI=1S/C16H24O3S/c1-4-9-16(3)10-14(17)15(19-16)11-20(18)13-7-5-12(2)6-8-13/h5-8,14-15,17H,4,9-11H2,1-3H3/t14-,15+,16-,20+/m1/s1. The minimum absolute atomic E-state index is 0.268. The third kappa shape index (κ3) is 3.68. The van der Waals surface area contributed by atoms with E-state index in [1.165, 1.54) is 0 Å². The Labute approximate surface area is 123 Å². The van der Waals surface area contributed by atoms with Gasteiger partial charge in [0.05, 0.1) is 34.4 Å². The number of hydrogen-bond acceptors (Lipinski definition) is 3. The molecule has 0 bridgehead atoms. The van der Waals surface area contributed by atoms with Gasteiger partial charge in [-0.2, -0.15) is 0 Å². The first-order chi connectivity index (χ1) is 9.43. The molecule has 1 aliphatic rings. The van der Waals surface area contributed by atoms with Gasteiger partial charge in [-0.15, -0.1) is 0 Å². The lowest BCUT2D eigenvalue weighted by Crippen LogP contribution is -2.29. The van der Waals surface area contributed by atoms with Crippen LogP contribution in [0.25, 0.3) is 0 Å². The van der Waals surface area contributed by atoms with Crippen LogP contribution in [-0.4, -0.2) is 32.9 Å². The van der Waals surface area contributed by atoms with Crippen molar-refractivity contribution in [2.75, 3.05) is 5.75 Å². The second kappa shape index (κ2) is 6.37. The van der Waals surface area contributed by atoms with Crippen LogP contribution >= 0.6 is 0 Å². The Morgan fingerprint density at radius 2 is 2.05 bits per heavy atom. The van der Waals surface area contributed by atoms with Crippen LogP contribution in [0.1, 0.15) is 38.7 Å². The van der Waals surface area contributed by atoms with E-state index in [4.69, 9.17) is 4.74 Å². The fourth-order valence-electron chi connectivity index (χ4n) is 2.84. The lowest BCUT2D eigenvalue weighted by atomic mass is 9.95. The van der Waals surface area contributed by atoms with Crippen LogP contribution in [0.5, 0.6) is 0 Å². The van der Waals surface area contributed by atoms with Crippen molar-refractivity contribution in [1.29, 1.82) is 0 Å². The molecule has 1 N–H and O–H groups in total. The van der Waals surface area contributed by atoms with Crippen LogP contribution in [0.2, 0.25) is 0 Å². The summed E-state index contributed by atoms with van der Waals surface area (Å²) in [5, 5.41) is 10.1. The average Bonchev–Trinajstić information content (AvgIpc) is 2.65. The summed E-state index contributed by atoms with van der Waals surface area (Å²) in [6, 6.07) is 7.69. The molecule has 1 saturated heterocycles. The zero-order chi connectivity index (χ0) is 14.8. The number of ether oxygens (including phenoxy) is 1. The van der Waals surface area contributed by atoms with Crippen molar-refractivity contribution < 1.29 is 14.1 Å². The molecule has 0 unspecified atom stereocenters. The summed E-state index contributed by atoms with van der Waals surface area (Å²) in [4.78, 5) is 0.801. The van der Waals surface area contributed by atoms with Crippen LogP contribution in [0.4, 0.5) is 0 Å². The fraction of sp³-hybridized carbons (Fsp3) is 0.625. The van der Waals surface area contributed by atoms with Gasteiger partial charge in [-0.1, -0.05) is 31.0 Å². The quantitative estimate of drug-likeness (QED) is 0.909. The average molecular weight is 296 g/mol. The summed E-state index contributed by atoms with van der Waals surface area (Å²) in [6.07, 6.45) is 1.75. The highest BCUT2D eigenvalue weighted by molar-refractivity contribution is 7.85. The highest BCUT2D eigenvalue weighted by atomic mass is 32.2. The van der Waals surface area contributed by atoms with Gasteiger partial charge in [0.15, 0.2) is 0 Å². The topological polar surface area (TPSA) is 46.5 Å². The van der Waals surface area contributed by atoms with Crippen molar-refractivity contribution in [3.63, 3.8) is 0 Å². The van der Waals surface area contributed by atoms with E-state index in [-0.39, 0.29) is 11.7 Å². The Kier molecular flexibility index (Phi) is 4.99. The van der Waals surface area contributed by atoms with E-state index < -0.39 is 16.9 Å². The maximum absolute atomic E-state index is 12.3. The minimum atomic E-state index is -1.12. The Morgan fingerprint density at radius 1 is 1.40 bits per heavy atom. The maximum atomic E-state index is 12.3. The van der Waals surface area contributed by atoms with E-state index in [0.717, 1.165) is 23.3 Å². The van der Waals surface area contributed by atoms with E-state index in [1.54, 1.807) is 0 Å². The monoisotopic (exact) mass is 296 g/mol. The van der Waals surface area contributed by atoms with Gasteiger partial charge < -0.3 is 9.84 Å². The van der Waals surface area contributed by atoms with Crippen molar-refractivity contribution in [1.82, 2.24) is 0 Å². The highest BCUT2D eigenvalue weighted by Gasteiger charge is 2.42. The highest BCUT2D eigenvalue weighted by Crippen LogP contribution is 2.34. The molecule has 112 valence electrons. The van der Waals surface area contributed by atoms with Crippen molar-refractivity contribution in [3.05, 3.63) is 29.8 Å². The van der Waals surface area contributed by atoms with Crippen LogP contribution < -0.4 is 0 Å². The van der Waals surface area contributed by atoms with E-state index >= 15 is 0 Å². The second-order valence-corrected chi connectivity index (χ2v) is 7.45. The van der Waals surface area contributed by atoms with Gasteiger partial charge >= 0.3 is 0 Å². The first-order valence-corrected chi connectivity index (χ1v) is 8.56. The largest absolute Gasteiger partial charge is 0.390 e. The molecular weight excluding hydrogens is 272 g/mol. The predicted molar refractivity (Wildman–Crippen MR) is 81.3 cm³/mol. The molecule has 0 aromatic heterocycles. The van der Waals surface area contributed by atoms with Crippen LogP contribution in [0.3, 0.4) is 0 Å². The summed E-state index contributed by atoms with van der Waals surface area (Å²) in [7, 11) is -1.12. The fourth-order valence-corrected chi connectivity index (χ4v) is 4.06. The Bertz CT molecular complexity index is 471. The SMILES string of the molecule is CCC[C@]1(C)C[C@@H](O)[C@H](C[S@](=O)c2ccc(C)cc2)O1. The van der Waals surface area contributed by atoms with Crippen LogP contribution in [0, 0.1) is 6.92 Å². The van der Waals surface area contributed by atoms with Gasteiger partial charge in [0.2, 0.25) is 0 Å². The zero-order valence-corrected chi connectivity index (χ0v) is 13.3. The molecule has 1 heterocycles. The molecule has 1 aromatic rings. The third-order valence-corrected chi connectivity index (χ3v) is 5.31. The van der Waals surface area contributed by atoms with Crippen LogP contribution in [0.15, 0.2) is 29.2 Å². The van der Waals surface area contributed by atoms with E-state index in [0.29, 0.717) is 12.2 Å². The number of aryl methyl sites for hydroxylation is 1. The maximum Gasteiger partial charge on any atom is 0.0960 e. The summed E-state index contributed by atoms with van der Waals surface area (Å²) >= 11 is 0. The molecule has 0 spiro atoms. The molecule has 1 aliphatic heterocycles. The molecule has 2 rings (SSSR count). The summed E-state index contributed by atoms with van der Waals surface area (Å²) in [6.45, 7) is 6.15. The van der Waals surface area contributed by atoms with Crippen molar-refractivity contribution in [2.45, 2.75) is 62.7 Å². The Balaban J connectivity index is 2.00. The number of aliphatic hydroxyl groups excluding tert-OH is 1. The molecule has 1 aromatic carbocycles. The first kappa shape index (κ1) is 15.7. The normalized spacial score (nSPS) is 31.4. The molecule has 4 heteroatoms. The van der Waals surface area contributed by atoms with E-state index in [1.807, 2.05) is 38.1 Å². The molecule has 4 atom stereocenters. The second-order valence-electron chi connectivity index (χ2n) is 5.95. The van der Waals surface area contributed by atoms with Crippen molar-refractivity contribution in [3.8, 4) is 0 Å². The van der Waals surface area contributed by atoms with Gasteiger partial charge in [0.1, 0.15) is 0 Å². The van der Waals surface area contributed by atoms with Crippen LogP contribution in [-0.2, 0) is 15.5 Å². The minimum Gasteiger partial charge on any atom is -0.390 e. The Morgan fingerprint density at radius 3 is 2.65 bits per heavy atom. The summed E-state index contributed by atoms with van der Waals surface area (Å²) in [5.41, 5.74) is 0.884. The van der Waals surface area contributed by atoms with Gasteiger partial charge in [0, 0.05) is 11.3 Å². The lowest BCUT2D eigenvalue weighted by Gasteiger charge is -2.23. The van der Waals surface area contributed by atoms with Gasteiger partial charge in [0.25, 0.3) is 0 Å². The predicted octanol–water partition coefficient (Wildman–Crippen LogP) is 2.81. The smallest absolute Gasteiger partial charge is 0.0960 e. The number of benzene rings is 1. The Hall–Kier alpha value is -0.710. The van der Waals surface area contributed by atoms with Gasteiger partial charge in [-0.25, -0.2) is 0 Å². The molecule has 0 saturated carbocycles. The van der Waals surface area contributed by atoms with E-state index in [2.05, 4.69) is 6.92 Å². The number of aliphatic hydroxyl groups is 1.